The van der Waals surface area contributed by atoms with Crippen molar-refractivity contribution in [2.75, 3.05) is 0 Å². The summed E-state index contributed by atoms with van der Waals surface area (Å²) in [6, 6.07) is 0. The van der Waals surface area contributed by atoms with Crippen LogP contribution in [0.3, 0.4) is 0 Å². The minimum Gasteiger partial charge on any atom is -0.138 e. The van der Waals surface area contributed by atoms with Crippen LogP contribution >= 0.6 is 0 Å². The highest BCUT2D eigenvalue weighted by molar-refractivity contribution is 4.58. The number of hydrogen-bond donors (Lipinski definition) is 0. The number of rotatable bonds is 22. The van der Waals surface area contributed by atoms with Crippen molar-refractivity contribution in [1.82, 2.24) is 9.90 Å². The molecule has 3 nitrogen and oxygen atoms in total. The van der Waals surface area contributed by atoms with E-state index in [9.17, 15) is 0 Å². The Morgan fingerprint density at radius 2 is 0.966 bits per heavy atom. The number of aromatic nitrogens is 3. The topological polar surface area (TPSA) is 21.7 Å². The van der Waals surface area contributed by atoms with Crippen molar-refractivity contribution in [3.63, 3.8) is 0 Å². The van der Waals surface area contributed by atoms with E-state index in [1.54, 1.807) is 0 Å². The molecule has 0 atom stereocenters. The number of unbranched alkanes of at least 4 members (excludes halogenated alkanes) is 18. The van der Waals surface area contributed by atoms with Crippen molar-refractivity contribution < 1.29 is 4.68 Å². The first-order valence-electron chi connectivity index (χ1n) is 13.3. The van der Waals surface area contributed by atoms with Gasteiger partial charge in [-0.2, -0.15) is 0 Å². The average molecular weight is 407 g/mol. The monoisotopic (exact) mass is 406 g/mol. The highest BCUT2D eigenvalue weighted by Gasteiger charge is 2.05. The van der Waals surface area contributed by atoms with Gasteiger partial charge in [0.2, 0.25) is 0 Å². The summed E-state index contributed by atoms with van der Waals surface area (Å²) in [6.45, 7) is 6.75. The maximum Gasteiger partial charge on any atom is 0.155 e. The predicted octanol–water partition coefficient (Wildman–Crippen LogP) is 8.01. The third kappa shape index (κ3) is 16.6. The van der Waals surface area contributed by atoms with Gasteiger partial charge >= 0.3 is 0 Å². The van der Waals surface area contributed by atoms with Crippen LogP contribution < -0.4 is 4.68 Å². The maximum atomic E-state index is 4.70. The summed E-state index contributed by atoms with van der Waals surface area (Å²) >= 11 is 0. The van der Waals surface area contributed by atoms with Crippen LogP contribution in [0, 0.1) is 0 Å². The summed E-state index contributed by atoms with van der Waals surface area (Å²) in [4.78, 5) is 0. The molecule has 0 N–H and O–H groups in total. The summed E-state index contributed by atoms with van der Waals surface area (Å²) in [6.07, 6.45) is 32.3. The van der Waals surface area contributed by atoms with Crippen molar-refractivity contribution >= 4 is 0 Å². The van der Waals surface area contributed by atoms with Crippen molar-refractivity contribution in [1.29, 1.82) is 0 Å². The number of aryl methyl sites for hydroxylation is 2. The Kier molecular flexibility index (Phi) is 18.4. The largest absolute Gasteiger partial charge is 0.155 e. The van der Waals surface area contributed by atoms with Crippen LogP contribution in [0.15, 0.2) is 12.4 Å². The second-order valence-corrected chi connectivity index (χ2v) is 9.08. The first-order valence-corrected chi connectivity index (χ1v) is 13.3. The SMILES string of the molecule is CCCCCCCCCCCCn1cc[n+](CCCCCCCCCCCC)n1. The van der Waals surface area contributed by atoms with E-state index in [2.05, 4.69) is 35.6 Å². The summed E-state index contributed by atoms with van der Waals surface area (Å²) in [5, 5.41) is 4.70. The highest BCUT2D eigenvalue weighted by atomic mass is 15.5. The highest BCUT2D eigenvalue weighted by Crippen LogP contribution is 2.11. The van der Waals surface area contributed by atoms with Crippen LogP contribution in [0.5, 0.6) is 0 Å². The van der Waals surface area contributed by atoms with Gasteiger partial charge in [-0.3, -0.25) is 0 Å². The van der Waals surface area contributed by atoms with E-state index < -0.39 is 0 Å². The third-order valence-corrected chi connectivity index (χ3v) is 6.12. The molecular weight excluding hydrogens is 354 g/mol. The van der Waals surface area contributed by atoms with Gasteiger partial charge in [0, 0.05) is 0 Å². The lowest BCUT2D eigenvalue weighted by molar-refractivity contribution is -0.755. The van der Waals surface area contributed by atoms with Gasteiger partial charge < -0.3 is 0 Å². The minimum atomic E-state index is 1.08. The van der Waals surface area contributed by atoms with Crippen molar-refractivity contribution in [3.8, 4) is 0 Å². The van der Waals surface area contributed by atoms with Gasteiger partial charge in [0.15, 0.2) is 12.4 Å². The molecule has 0 spiro atoms. The lowest BCUT2D eigenvalue weighted by atomic mass is 10.1. The lowest BCUT2D eigenvalue weighted by Crippen LogP contribution is -2.36. The Morgan fingerprint density at radius 3 is 1.45 bits per heavy atom. The molecule has 29 heavy (non-hydrogen) atoms. The molecule has 1 heterocycles. The van der Waals surface area contributed by atoms with Crippen LogP contribution in [-0.2, 0) is 13.1 Å². The van der Waals surface area contributed by atoms with Gasteiger partial charge in [-0.25, -0.2) is 0 Å². The van der Waals surface area contributed by atoms with Crippen LogP contribution in [0.2, 0.25) is 0 Å². The third-order valence-electron chi connectivity index (χ3n) is 6.12. The number of nitrogens with zero attached hydrogens (tertiary/aromatic N) is 3. The molecule has 1 aromatic heterocycles. The fraction of sp³-hybridized carbons (Fsp3) is 0.923. The molecule has 0 aliphatic carbocycles. The van der Waals surface area contributed by atoms with E-state index in [4.69, 9.17) is 5.21 Å². The van der Waals surface area contributed by atoms with E-state index in [1.807, 2.05) is 0 Å². The zero-order chi connectivity index (χ0) is 20.8. The maximum absolute atomic E-state index is 4.70. The summed E-state index contributed by atoms with van der Waals surface area (Å²) in [5.74, 6) is 0. The molecular formula is C26H52N3+. The van der Waals surface area contributed by atoms with E-state index in [0.29, 0.717) is 0 Å². The molecule has 0 aromatic carbocycles. The van der Waals surface area contributed by atoms with Crippen LogP contribution in [0.1, 0.15) is 142 Å². The molecule has 0 aliphatic rings. The Hall–Kier alpha value is -0.860. The molecule has 1 aromatic rings. The van der Waals surface area contributed by atoms with Crippen molar-refractivity contribution in [3.05, 3.63) is 12.4 Å². The summed E-state index contributed by atoms with van der Waals surface area (Å²) in [5.41, 5.74) is 0. The van der Waals surface area contributed by atoms with Gasteiger partial charge in [0.05, 0.1) is 5.21 Å². The fourth-order valence-electron chi connectivity index (χ4n) is 4.12. The Bertz CT molecular complexity index is 402. The van der Waals surface area contributed by atoms with Gasteiger partial charge in [-0.05, 0) is 25.7 Å². The summed E-state index contributed by atoms with van der Waals surface area (Å²) in [7, 11) is 0. The van der Waals surface area contributed by atoms with Crippen molar-refractivity contribution in [2.24, 2.45) is 0 Å². The first-order chi connectivity index (χ1) is 14.4. The molecule has 0 amide bonds. The van der Waals surface area contributed by atoms with Gasteiger partial charge in [-0.1, -0.05) is 117 Å². The van der Waals surface area contributed by atoms with E-state index >= 15 is 0 Å². The van der Waals surface area contributed by atoms with Crippen LogP contribution in [-0.4, -0.2) is 9.90 Å². The first kappa shape index (κ1) is 26.2. The van der Waals surface area contributed by atoms with Crippen LogP contribution in [0.25, 0.3) is 0 Å². The Morgan fingerprint density at radius 1 is 0.552 bits per heavy atom. The van der Waals surface area contributed by atoms with E-state index in [1.165, 1.54) is 128 Å². The zero-order valence-electron chi connectivity index (χ0n) is 20.1. The van der Waals surface area contributed by atoms with Gasteiger partial charge in [0.1, 0.15) is 13.1 Å². The molecule has 0 radical (unpaired) electrons. The smallest absolute Gasteiger partial charge is 0.138 e. The van der Waals surface area contributed by atoms with Gasteiger partial charge in [0.25, 0.3) is 0 Å². The second kappa shape index (κ2) is 20.4. The molecule has 0 unspecified atom stereocenters. The molecule has 1 rings (SSSR count). The molecule has 0 saturated carbocycles. The quantitative estimate of drug-likeness (QED) is 0.141. The molecule has 0 aliphatic heterocycles. The van der Waals surface area contributed by atoms with Crippen LogP contribution in [0.4, 0.5) is 0 Å². The normalized spacial score (nSPS) is 11.4. The summed E-state index contributed by atoms with van der Waals surface area (Å²) < 4.78 is 4.28. The zero-order valence-corrected chi connectivity index (χ0v) is 20.1. The number of hydrogen-bond acceptors (Lipinski definition) is 1. The predicted molar refractivity (Wildman–Crippen MR) is 126 cm³/mol. The molecule has 170 valence electrons. The van der Waals surface area contributed by atoms with Gasteiger partial charge in [-0.15, -0.1) is 9.36 Å². The Balaban J connectivity index is 1.88. The Labute approximate surface area is 182 Å². The standard InChI is InChI=1S/C26H52N3/c1-3-5-7-9-11-13-15-17-19-21-23-28-25-26-29(27-28)24-22-20-18-16-14-12-10-8-6-4-2/h25-26H,3-24H2,1-2H3/q+1. The van der Waals surface area contributed by atoms with Crippen molar-refractivity contribution in [2.45, 2.75) is 155 Å². The van der Waals surface area contributed by atoms with E-state index in [-0.39, 0.29) is 0 Å². The molecule has 3 heteroatoms. The molecule has 0 saturated heterocycles. The average Bonchev–Trinajstić information content (AvgIpc) is 3.18. The lowest BCUT2D eigenvalue weighted by Gasteiger charge is -2.01. The minimum absolute atomic E-state index is 1.08. The second-order valence-electron chi connectivity index (χ2n) is 9.08. The fourth-order valence-corrected chi connectivity index (χ4v) is 4.12. The molecule has 0 bridgehead atoms. The molecule has 0 fully saturated rings. The van der Waals surface area contributed by atoms with E-state index in [0.717, 1.165) is 13.1 Å².